The van der Waals surface area contributed by atoms with Crippen LogP contribution in [-0.2, 0) is 0 Å². The highest BCUT2D eigenvalue weighted by molar-refractivity contribution is 5.77. The molecule has 0 fully saturated rings. The van der Waals surface area contributed by atoms with E-state index in [1.54, 1.807) is 35.2 Å². The number of aromatic nitrogens is 4. The van der Waals surface area contributed by atoms with Gasteiger partial charge in [-0.1, -0.05) is 0 Å². The minimum absolute atomic E-state index is 0.636. The van der Waals surface area contributed by atoms with Crippen molar-refractivity contribution in [2.24, 2.45) is 0 Å². The van der Waals surface area contributed by atoms with Crippen molar-refractivity contribution in [2.75, 3.05) is 11.5 Å². The van der Waals surface area contributed by atoms with Crippen LogP contribution in [0, 0.1) is 0 Å². The maximum absolute atomic E-state index is 6.06. The van der Waals surface area contributed by atoms with Gasteiger partial charge in [0.15, 0.2) is 5.65 Å². The van der Waals surface area contributed by atoms with Crippen molar-refractivity contribution in [1.29, 1.82) is 0 Å². The minimum Gasteiger partial charge on any atom is -0.399 e. The monoisotopic (exact) mass is 302 g/mol. The van der Waals surface area contributed by atoms with E-state index in [4.69, 9.17) is 11.5 Å². The average molecular weight is 302 g/mol. The van der Waals surface area contributed by atoms with Gasteiger partial charge in [-0.25, -0.2) is 9.50 Å². The number of nitrogens with two attached hydrogens (primary N) is 2. The Bertz CT molecular complexity index is 991. The third-order valence-electron chi connectivity index (χ3n) is 3.69. The predicted molar refractivity (Wildman–Crippen MR) is 90.5 cm³/mol. The molecule has 0 aliphatic carbocycles. The summed E-state index contributed by atoms with van der Waals surface area (Å²) in [7, 11) is 0. The lowest BCUT2D eigenvalue weighted by Gasteiger charge is -2.08. The van der Waals surface area contributed by atoms with E-state index in [1.807, 2.05) is 30.3 Å². The van der Waals surface area contributed by atoms with Gasteiger partial charge in [0.1, 0.15) is 0 Å². The molecule has 0 amide bonds. The number of hydrogen-bond donors (Lipinski definition) is 2. The Morgan fingerprint density at radius 3 is 2.57 bits per heavy atom. The van der Waals surface area contributed by atoms with Crippen molar-refractivity contribution in [2.45, 2.75) is 0 Å². The molecule has 4 N–H and O–H groups in total. The summed E-state index contributed by atoms with van der Waals surface area (Å²) in [5.41, 5.74) is 17.4. The maximum atomic E-state index is 6.06. The first kappa shape index (κ1) is 13.3. The molecule has 23 heavy (non-hydrogen) atoms. The number of rotatable bonds is 2. The summed E-state index contributed by atoms with van der Waals surface area (Å²) in [6.07, 6.45) is 5.28. The number of benzene rings is 1. The van der Waals surface area contributed by atoms with Crippen molar-refractivity contribution < 1.29 is 0 Å². The SMILES string of the molecule is Nc1ccc(N)c(-c2ccc3ncc(-c4ccncc4)n3n2)c1. The molecule has 0 bridgehead atoms. The van der Waals surface area contributed by atoms with E-state index in [9.17, 15) is 0 Å². The van der Waals surface area contributed by atoms with Crippen LogP contribution in [0.1, 0.15) is 0 Å². The molecule has 0 saturated carbocycles. The molecule has 0 radical (unpaired) electrons. The molecule has 6 heteroatoms. The molecule has 6 nitrogen and oxygen atoms in total. The first-order valence-electron chi connectivity index (χ1n) is 7.13. The van der Waals surface area contributed by atoms with Crippen LogP contribution in [-0.4, -0.2) is 19.6 Å². The van der Waals surface area contributed by atoms with Crippen molar-refractivity contribution in [3.63, 3.8) is 0 Å². The third-order valence-corrected chi connectivity index (χ3v) is 3.69. The Hall–Kier alpha value is -3.41. The zero-order valence-electron chi connectivity index (χ0n) is 12.2. The Labute approximate surface area is 132 Å². The molecule has 1 aromatic carbocycles. The smallest absolute Gasteiger partial charge is 0.154 e. The summed E-state index contributed by atoms with van der Waals surface area (Å²) < 4.78 is 1.80. The predicted octanol–water partition coefficient (Wildman–Crippen LogP) is 2.62. The van der Waals surface area contributed by atoms with Crippen molar-refractivity contribution in [3.05, 3.63) is 61.1 Å². The van der Waals surface area contributed by atoms with E-state index in [2.05, 4.69) is 15.1 Å². The average Bonchev–Trinajstić information content (AvgIpc) is 3.01. The summed E-state index contributed by atoms with van der Waals surface area (Å²) in [4.78, 5) is 8.44. The fourth-order valence-corrected chi connectivity index (χ4v) is 2.53. The van der Waals surface area contributed by atoms with Gasteiger partial charge in [0.2, 0.25) is 0 Å². The zero-order chi connectivity index (χ0) is 15.8. The molecule has 0 unspecified atom stereocenters. The second kappa shape index (κ2) is 5.10. The number of nitrogen functional groups attached to an aromatic ring is 2. The molecule has 0 saturated heterocycles. The Balaban J connectivity index is 1.92. The molecule has 0 aliphatic heterocycles. The van der Waals surface area contributed by atoms with Gasteiger partial charge >= 0.3 is 0 Å². The molecule has 4 rings (SSSR count). The first-order chi connectivity index (χ1) is 11.2. The van der Waals surface area contributed by atoms with Crippen LogP contribution in [0.2, 0.25) is 0 Å². The van der Waals surface area contributed by atoms with Crippen LogP contribution in [0.25, 0.3) is 28.2 Å². The van der Waals surface area contributed by atoms with E-state index in [-0.39, 0.29) is 0 Å². The van der Waals surface area contributed by atoms with E-state index in [1.165, 1.54) is 0 Å². The number of pyridine rings is 1. The van der Waals surface area contributed by atoms with E-state index in [0.717, 1.165) is 28.2 Å². The topological polar surface area (TPSA) is 95.1 Å². The number of imidazole rings is 1. The summed E-state index contributed by atoms with van der Waals surface area (Å²) >= 11 is 0. The quantitative estimate of drug-likeness (QED) is 0.555. The zero-order valence-corrected chi connectivity index (χ0v) is 12.2. The van der Waals surface area contributed by atoms with Crippen LogP contribution in [0.4, 0.5) is 11.4 Å². The first-order valence-corrected chi connectivity index (χ1v) is 7.13. The van der Waals surface area contributed by atoms with Crippen LogP contribution in [0.3, 0.4) is 0 Å². The summed E-state index contributed by atoms with van der Waals surface area (Å²) in [6.45, 7) is 0. The van der Waals surface area contributed by atoms with Gasteiger partial charge in [-0.3, -0.25) is 4.98 Å². The maximum Gasteiger partial charge on any atom is 0.154 e. The second-order valence-corrected chi connectivity index (χ2v) is 5.21. The largest absolute Gasteiger partial charge is 0.399 e. The van der Waals surface area contributed by atoms with Crippen LogP contribution >= 0.6 is 0 Å². The highest BCUT2D eigenvalue weighted by Gasteiger charge is 2.10. The molecular weight excluding hydrogens is 288 g/mol. The van der Waals surface area contributed by atoms with Gasteiger partial charge < -0.3 is 11.5 Å². The minimum atomic E-state index is 0.636. The fraction of sp³-hybridized carbons (Fsp3) is 0. The molecule has 3 heterocycles. The number of nitrogens with zero attached hydrogens (tertiary/aromatic N) is 4. The molecule has 112 valence electrons. The van der Waals surface area contributed by atoms with Crippen molar-refractivity contribution in [3.8, 4) is 22.5 Å². The lowest BCUT2D eigenvalue weighted by molar-refractivity contribution is 0.949. The highest BCUT2D eigenvalue weighted by Crippen LogP contribution is 2.27. The van der Waals surface area contributed by atoms with Gasteiger partial charge in [0.05, 0.1) is 17.6 Å². The summed E-state index contributed by atoms with van der Waals surface area (Å²) in [5.74, 6) is 0. The van der Waals surface area contributed by atoms with Crippen molar-refractivity contribution in [1.82, 2.24) is 19.6 Å². The lowest BCUT2D eigenvalue weighted by Crippen LogP contribution is -1.99. The van der Waals surface area contributed by atoms with E-state index in [0.29, 0.717) is 11.4 Å². The van der Waals surface area contributed by atoms with Gasteiger partial charge in [0, 0.05) is 34.9 Å². The molecule has 0 spiro atoms. The Morgan fingerprint density at radius 2 is 1.74 bits per heavy atom. The fourth-order valence-electron chi connectivity index (χ4n) is 2.53. The van der Waals surface area contributed by atoms with E-state index < -0.39 is 0 Å². The van der Waals surface area contributed by atoms with Gasteiger partial charge in [-0.2, -0.15) is 5.10 Å². The number of anilines is 2. The van der Waals surface area contributed by atoms with Crippen LogP contribution in [0.15, 0.2) is 61.1 Å². The highest BCUT2D eigenvalue weighted by atomic mass is 15.3. The summed E-state index contributed by atoms with van der Waals surface area (Å²) in [6, 6.07) is 13.0. The molecule has 3 aromatic heterocycles. The van der Waals surface area contributed by atoms with E-state index >= 15 is 0 Å². The molecule has 0 aliphatic rings. The standard InChI is InChI=1S/C17H14N6/c18-12-1-2-14(19)13(9-12)15-3-4-17-21-10-16(23(17)22-15)11-5-7-20-8-6-11/h1-10H,18-19H2. The molecule has 0 atom stereocenters. The van der Waals surface area contributed by atoms with Gasteiger partial charge in [-0.05, 0) is 42.5 Å². The summed E-state index contributed by atoms with van der Waals surface area (Å²) in [5, 5.41) is 4.68. The van der Waals surface area contributed by atoms with Crippen LogP contribution < -0.4 is 11.5 Å². The van der Waals surface area contributed by atoms with Crippen LogP contribution in [0.5, 0.6) is 0 Å². The van der Waals surface area contributed by atoms with Gasteiger partial charge in [-0.15, -0.1) is 0 Å². The lowest BCUT2D eigenvalue weighted by atomic mass is 10.1. The number of fused-ring (bicyclic) bond motifs is 1. The molecule has 4 aromatic rings. The Kier molecular flexibility index (Phi) is 2.94. The second-order valence-electron chi connectivity index (χ2n) is 5.21. The van der Waals surface area contributed by atoms with Gasteiger partial charge in [0.25, 0.3) is 0 Å². The molecular formula is C17H14N6. The van der Waals surface area contributed by atoms with Crippen molar-refractivity contribution >= 4 is 17.0 Å². The normalized spacial score (nSPS) is 11.0. The third kappa shape index (κ3) is 2.26. The number of hydrogen-bond acceptors (Lipinski definition) is 5. The Morgan fingerprint density at radius 1 is 0.913 bits per heavy atom.